The number of unbranched alkanes of at least 4 members (excludes halogenated alkanes) is 3. The number of hydrogen-bond acceptors (Lipinski definition) is 1. The highest BCUT2D eigenvalue weighted by molar-refractivity contribution is 5.00. The van der Waals surface area contributed by atoms with E-state index in [2.05, 4.69) is 25.0 Å². The molecule has 0 aromatic carbocycles. The summed E-state index contributed by atoms with van der Waals surface area (Å²) in [5.41, 5.74) is 0. The summed E-state index contributed by atoms with van der Waals surface area (Å²) in [5.74, 6) is 2.63. The van der Waals surface area contributed by atoms with Crippen molar-refractivity contribution in [3.05, 3.63) is 12.2 Å². The van der Waals surface area contributed by atoms with Gasteiger partial charge in [0.2, 0.25) is 0 Å². The highest BCUT2D eigenvalue weighted by Gasteiger charge is 2.36. The van der Waals surface area contributed by atoms with Crippen molar-refractivity contribution in [3.63, 3.8) is 0 Å². The molecule has 0 amide bonds. The van der Waals surface area contributed by atoms with E-state index >= 15 is 0 Å². The van der Waals surface area contributed by atoms with Crippen LogP contribution in [0.25, 0.3) is 0 Å². The molecule has 14 heavy (non-hydrogen) atoms. The fourth-order valence-corrected chi connectivity index (χ4v) is 1.54. The molecule has 0 saturated carbocycles. The molecule has 0 bridgehead atoms. The lowest BCUT2D eigenvalue weighted by molar-refractivity contribution is 0.373. The van der Waals surface area contributed by atoms with Crippen molar-refractivity contribution in [2.45, 2.75) is 57.7 Å². The molecular formula is C13H20O. The van der Waals surface area contributed by atoms with E-state index in [0.717, 1.165) is 12.8 Å². The molecule has 0 unspecified atom stereocenters. The van der Waals surface area contributed by atoms with Crippen LogP contribution in [0, 0.1) is 12.3 Å². The average Bonchev–Trinajstić information content (AvgIpc) is 2.91. The smallest absolute Gasteiger partial charge is 0.0953 e. The molecule has 78 valence electrons. The molecule has 2 atom stereocenters. The Hall–Kier alpha value is -0.740. The highest BCUT2D eigenvalue weighted by Crippen LogP contribution is 2.28. The van der Waals surface area contributed by atoms with Gasteiger partial charge < -0.3 is 4.74 Å². The molecular weight excluding hydrogens is 172 g/mol. The SMILES string of the molecule is C#CC[C@H]1O[C@H]1C/C=C\CCCCC. The molecule has 1 aliphatic heterocycles. The van der Waals surface area contributed by atoms with Crippen molar-refractivity contribution in [2.75, 3.05) is 0 Å². The van der Waals surface area contributed by atoms with Crippen LogP contribution in [0.1, 0.15) is 45.4 Å². The van der Waals surface area contributed by atoms with Crippen LogP contribution in [0.2, 0.25) is 0 Å². The first kappa shape index (κ1) is 11.3. The summed E-state index contributed by atoms with van der Waals surface area (Å²) < 4.78 is 5.39. The van der Waals surface area contributed by atoms with Crippen LogP contribution < -0.4 is 0 Å². The van der Waals surface area contributed by atoms with E-state index in [9.17, 15) is 0 Å². The maximum absolute atomic E-state index is 5.39. The molecule has 0 aromatic rings. The van der Waals surface area contributed by atoms with Crippen molar-refractivity contribution >= 4 is 0 Å². The van der Waals surface area contributed by atoms with Crippen LogP contribution in [0.4, 0.5) is 0 Å². The molecule has 1 fully saturated rings. The number of terminal acetylenes is 1. The first-order valence-electron chi connectivity index (χ1n) is 5.62. The molecule has 0 radical (unpaired) electrons. The number of hydrogen-bond donors (Lipinski definition) is 0. The monoisotopic (exact) mass is 192 g/mol. The van der Waals surface area contributed by atoms with Gasteiger partial charge >= 0.3 is 0 Å². The number of rotatable bonds is 7. The molecule has 1 aliphatic rings. The second-order valence-corrected chi connectivity index (χ2v) is 3.82. The third kappa shape index (κ3) is 4.48. The Labute approximate surface area is 87.5 Å². The second-order valence-electron chi connectivity index (χ2n) is 3.82. The van der Waals surface area contributed by atoms with E-state index in [-0.39, 0.29) is 0 Å². The quantitative estimate of drug-likeness (QED) is 0.261. The predicted molar refractivity (Wildman–Crippen MR) is 60.0 cm³/mol. The minimum atomic E-state index is 0.347. The van der Waals surface area contributed by atoms with Gasteiger partial charge in [0.05, 0.1) is 12.2 Å². The van der Waals surface area contributed by atoms with Gasteiger partial charge in [-0.25, -0.2) is 0 Å². The average molecular weight is 192 g/mol. The zero-order valence-electron chi connectivity index (χ0n) is 9.04. The number of ether oxygens (including phenoxy) is 1. The second kappa shape index (κ2) is 6.68. The molecule has 1 heterocycles. The van der Waals surface area contributed by atoms with Gasteiger partial charge in [-0.3, -0.25) is 0 Å². The summed E-state index contributed by atoms with van der Waals surface area (Å²) in [6.07, 6.45) is 17.4. The van der Waals surface area contributed by atoms with Crippen LogP contribution in [0.5, 0.6) is 0 Å². The Bertz CT molecular complexity index is 212. The van der Waals surface area contributed by atoms with E-state index in [1.165, 1.54) is 25.7 Å². The van der Waals surface area contributed by atoms with E-state index in [4.69, 9.17) is 11.2 Å². The summed E-state index contributed by atoms with van der Waals surface area (Å²) >= 11 is 0. The maximum atomic E-state index is 5.39. The van der Waals surface area contributed by atoms with Gasteiger partial charge in [-0.05, 0) is 19.3 Å². The lowest BCUT2D eigenvalue weighted by Crippen LogP contribution is -1.89. The zero-order valence-corrected chi connectivity index (χ0v) is 9.04. The van der Waals surface area contributed by atoms with Crippen molar-refractivity contribution in [1.82, 2.24) is 0 Å². The Kier molecular flexibility index (Phi) is 5.40. The van der Waals surface area contributed by atoms with Gasteiger partial charge in [-0.1, -0.05) is 31.9 Å². The maximum Gasteiger partial charge on any atom is 0.0953 e. The third-order valence-electron chi connectivity index (χ3n) is 2.52. The van der Waals surface area contributed by atoms with Crippen molar-refractivity contribution in [3.8, 4) is 12.3 Å². The van der Waals surface area contributed by atoms with Crippen molar-refractivity contribution in [2.24, 2.45) is 0 Å². The molecule has 1 saturated heterocycles. The number of allylic oxidation sites excluding steroid dienone is 1. The zero-order chi connectivity index (χ0) is 10.2. The molecule has 1 heteroatoms. The van der Waals surface area contributed by atoms with Gasteiger partial charge in [0.25, 0.3) is 0 Å². The molecule has 0 aliphatic carbocycles. The van der Waals surface area contributed by atoms with Gasteiger partial charge in [-0.15, -0.1) is 12.3 Å². The summed E-state index contributed by atoms with van der Waals surface area (Å²) in [7, 11) is 0. The van der Waals surface area contributed by atoms with Gasteiger partial charge in [0, 0.05) is 6.42 Å². The Morgan fingerprint density at radius 3 is 2.86 bits per heavy atom. The molecule has 0 spiro atoms. The minimum Gasteiger partial charge on any atom is -0.368 e. The van der Waals surface area contributed by atoms with E-state index in [1.807, 2.05) is 0 Å². The van der Waals surface area contributed by atoms with Crippen molar-refractivity contribution < 1.29 is 4.74 Å². The van der Waals surface area contributed by atoms with Crippen LogP contribution in [0.3, 0.4) is 0 Å². The van der Waals surface area contributed by atoms with Gasteiger partial charge in [0.1, 0.15) is 0 Å². The summed E-state index contributed by atoms with van der Waals surface area (Å²) in [4.78, 5) is 0. The fourth-order valence-electron chi connectivity index (χ4n) is 1.54. The van der Waals surface area contributed by atoms with Crippen LogP contribution in [-0.4, -0.2) is 12.2 Å². The summed E-state index contributed by atoms with van der Waals surface area (Å²) in [6.45, 7) is 2.23. The number of epoxide rings is 1. The standard InChI is InChI=1S/C13H20O/c1-3-5-6-7-8-9-11-13-12(14-13)10-4-2/h2,8-9,12-13H,3,5-7,10-11H2,1H3/b9-8-/t12-,13+/m1/s1. The lowest BCUT2D eigenvalue weighted by Gasteiger charge is -1.91. The predicted octanol–water partition coefficient (Wildman–Crippen LogP) is 3.30. The van der Waals surface area contributed by atoms with Crippen LogP contribution >= 0.6 is 0 Å². The van der Waals surface area contributed by atoms with Crippen molar-refractivity contribution in [1.29, 1.82) is 0 Å². The topological polar surface area (TPSA) is 12.5 Å². The Balaban J connectivity index is 1.92. The normalized spacial score (nSPS) is 25.1. The lowest BCUT2D eigenvalue weighted by atomic mass is 10.1. The van der Waals surface area contributed by atoms with Crippen LogP contribution in [-0.2, 0) is 4.74 Å². The molecule has 1 rings (SSSR count). The minimum absolute atomic E-state index is 0.347. The summed E-state index contributed by atoms with van der Waals surface area (Å²) in [6, 6.07) is 0. The van der Waals surface area contributed by atoms with E-state index in [0.29, 0.717) is 12.2 Å². The van der Waals surface area contributed by atoms with Crippen LogP contribution in [0.15, 0.2) is 12.2 Å². The van der Waals surface area contributed by atoms with E-state index < -0.39 is 0 Å². The molecule has 1 nitrogen and oxygen atoms in total. The van der Waals surface area contributed by atoms with Gasteiger partial charge in [0.15, 0.2) is 0 Å². The molecule has 0 N–H and O–H groups in total. The third-order valence-corrected chi connectivity index (χ3v) is 2.52. The first-order chi connectivity index (χ1) is 6.88. The highest BCUT2D eigenvalue weighted by atomic mass is 16.6. The largest absolute Gasteiger partial charge is 0.368 e. The Morgan fingerprint density at radius 1 is 1.29 bits per heavy atom. The fraction of sp³-hybridized carbons (Fsp3) is 0.692. The van der Waals surface area contributed by atoms with E-state index in [1.54, 1.807) is 0 Å². The Morgan fingerprint density at radius 2 is 2.14 bits per heavy atom. The summed E-state index contributed by atoms with van der Waals surface area (Å²) in [5, 5.41) is 0. The van der Waals surface area contributed by atoms with Gasteiger partial charge in [-0.2, -0.15) is 0 Å². The molecule has 0 aromatic heterocycles. The first-order valence-corrected chi connectivity index (χ1v) is 5.62.